The van der Waals surface area contributed by atoms with Gasteiger partial charge in [-0.15, -0.1) is 0 Å². The van der Waals surface area contributed by atoms with E-state index in [0.29, 0.717) is 0 Å². The van der Waals surface area contributed by atoms with Crippen molar-refractivity contribution < 1.29 is 0 Å². The second-order valence-corrected chi connectivity index (χ2v) is 15.3. The lowest BCUT2D eigenvalue weighted by Gasteiger charge is -2.22. The highest BCUT2D eigenvalue weighted by Crippen LogP contribution is 2.51. The van der Waals surface area contributed by atoms with E-state index in [4.69, 9.17) is 0 Å². The van der Waals surface area contributed by atoms with Gasteiger partial charge in [-0.25, -0.2) is 0 Å². The average Bonchev–Trinajstić information content (AvgIpc) is 3.67. The molecule has 0 saturated heterocycles. The van der Waals surface area contributed by atoms with E-state index in [1.807, 2.05) is 0 Å². The third-order valence-corrected chi connectivity index (χ3v) is 12.1. The summed E-state index contributed by atoms with van der Waals surface area (Å²) in [5, 5.41) is 7.67. The van der Waals surface area contributed by atoms with Gasteiger partial charge in [0, 0.05) is 5.41 Å². The molecule has 0 saturated carbocycles. The highest BCUT2D eigenvalue weighted by Gasteiger charge is 2.35. The zero-order valence-electron chi connectivity index (χ0n) is 29.4. The smallest absolute Gasteiger partial charge is 0.0159 e. The van der Waals surface area contributed by atoms with E-state index >= 15 is 0 Å². The summed E-state index contributed by atoms with van der Waals surface area (Å²) in [6, 6.07) is 64.0. The van der Waals surface area contributed by atoms with Crippen LogP contribution in [0.2, 0.25) is 0 Å². The Labute approximate surface area is 304 Å². The minimum Gasteiger partial charge on any atom is -0.0619 e. The van der Waals surface area contributed by atoms with E-state index in [1.54, 1.807) is 0 Å². The molecule has 0 spiro atoms. The van der Waals surface area contributed by atoms with Gasteiger partial charge in [-0.1, -0.05) is 166 Å². The SMILES string of the molecule is CC1(C)c2ccccc2-c2ccc(-c3ccc4c(-c5ccc6ccccc6c5)c5ccccc5c(-c5ccc6c(c5)Cc5ccccc5-6)c4c3)cc21. The van der Waals surface area contributed by atoms with Crippen molar-refractivity contribution in [3.05, 3.63) is 192 Å². The summed E-state index contributed by atoms with van der Waals surface area (Å²) in [7, 11) is 0. The Hall–Kier alpha value is -6.24. The summed E-state index contributed by atoms with van der Waals surface area (Å²) < 4.78 is 0. The lowest BCUT2D eigenvalue weighted by atomic mass is 9.81. The maximum Gasteiger partial charge on any atom is 0.0159 e. The zero-order valence-corrected chi connectivity index (χ0v) is 29.4. The van der Waals surface area contributed by atoms with Gasteiger partial charge < -0.3 is 0 Å². The first-order valence-corrected chi connectivity index (χ1v) is 18.5. The summed E-state index contributed by atoms with van der Waals surface area (Å²) in [4.78, 5) is 0. The summed E-state index contributed by atoms with van der Waals surface area (Å²) in [5.41, 5.74) is 18.7. The standard InChI is InChI=1S/C52H36/c1-52(2)48-18-10-9-15-42(48)43-25-21-35(31-49(43)52)34-22-26-46-47(30-34)51(38-23-24-41-39(29-38)28-36-13-5-6-14-40(36)41)45-17-8-7-16-44(45)50(46)37-20-19-32-11-3-4-12-33(32)27-37/h3-27,29-31H,28H2,1-2H3. The van der Waals surface area contributed by atoms with Gasteiger partial charge in [0.05, 0.1) is 0 Å². The predicted octanol–water partition coefficient (Wildman–Crippen LogP) is 14.0. The molecule has 0 aromatic heterocycles. The van der Waals surface area contributed by atoms with Gasteiger partial charge in [-0.05, 0) is 135 Å². The van der Waals surface area contributed by atoms with Crippen LogP contribution in [0.5, 0.6) is 0 Å². The normalized spacial score (nSPS) is 13.7. The Morgan fingerprint density at radius 2 is 0.904 bits per heavy atom. The van der Waals surface area contributed by atoms with E-state index in [0.717, 1.165) is 6.42 Å². The minimum atomic E-state index is -0.0502. The van der Waals surface area contributed by atoms with Gasteiger partial charge in [-0.3, -0.25) is 0 Å². The Balaban J connectivity index is 1.18. The monoisotopic (exact) mass is 660 g/mol. The molecule has 0 fully saturated rings. The van der Waals surface area contributed by atoms with Crippen LogP contribution in [0.4, 0.5) is 0 Å². The molecule has 0 heteroatoms. The number of hydrogen-bond donors (Lipinski definition) is 0. The fourth-order valence-corrected chi connectivity index (χ4v) is 9.51. The Bertz CT molecular complexity index is 2950. The quantitative estimate of drug-likeness (QED) is 0.165. The van der Waals surface area contributed by atoms with Crippen molar-refractivity contribution >= 4 is 32.3 Å². The van der Waals surface area contributed by atoms with Crippen LogP contribution in [0, 0.1) is 0 Å². The molecule has 0 atom stereocenters. The van der Waals surface area contributed by atoms with Crippen LogP contribution < -0.4 is 0 Å². The van der Waals surface area contributed by atoms with Crippen molar-refractivity contribution in [2.45, 2.75) is 25.7 Å². The van der Waals surface area contributed by atoms with Crippen molar-refractivity contribution in [2.75, 3.05) is 0 Å². The Kier molecular flexibility index (Phi) is 6.17. The van der Waals surface area contributed by atoms with Crippen molar-refractivity contribution in [2.24, 2.45) is 0 Å². The fraction of sp³-hybridized carbons (Fsp3) is 0.0769. The lowest BCUT2D eigenvalue weighted by Crippen LogP contribution is -2.14. The highest BCUT2D eigenvalue weighted by atomic mass is 14.4. The molecule has 9 aromatic rings. The van der Waals surface area contributed by atoms with Crippen LogP contribution in [-0.4, -0.2) is 0 Å². The van der Waals surface area contributed by atoms with E-state index in [9.17, 15) is 0 Å². The molecular formula is C52H36. The fourth-order valence-electron chi connectivity index (χ4n) is 9.51. The average molecular weight is 661 g/mol. The van der Waals surface area contributed by atoms with E-state index in [1.165, 1.54) is 110 Å². The van der Waals surface area contributed by atoms with Gasteiger partial charge in [0.2, 0.25) is 0 Å². The first kappa shape index (κ1) is 29.5. The largest absolute Gasteiger partial charge is 0.0619 e. The van der Waals surface area contributed by atoms with Crippen LogP contribution in [0.1, 0.15) is 36.1 Å². The van der Waals surface area contributed by atoms with Gasteiger partial charge in [-0.2, -0.15) is 0 Å². The van der Waals surface area contributed by atoms with Crippen LogP contribution in [-0.2, 0) is 11.8 Å². The summed E-state index contributed by atoms with van der Waals surface area (Å²) in [5.74, 6) is 0. The summed E-state index contributed by atoms with van der Waals surface area (Å²) >= 11 is 0. The number of rotatable bonds is 3. The third-order valence-electron chi connectivity index (χ3n) is 12.1. The zero-order chi connectivity index (χ0) is 34.6. The summed E-state index contributed by atoms with van der Waals surface area (Å²) in [6.45, 7) is 4.74. The Morgan fingerprint density at radius 3 is 1.77 bits per heavy atom. The maximum atomic E-state index is 2.47. The van der Waals surface area contributed by atoms with Gasteiger partial charge >= 0.3 is 0 Å². The molecule has 0 heterocycles. The molecule has 0 aliphatic heterocycles. The lowest BCUT2D eigenvalue weighted by molar-refractivity contribution is 0.660. The molecule has 0 amide bonds. The Morgan fingerprint density at radius 1 is 0.346 bits per heavy atom. The molecule has 11 rings (SSSR count). The number of fused-ring (bicyclic) bond motifs is 9. The van der Waals surface area contributed by atoms with Gasteiger partial charge in [0.15, 0.2) is 0 Å². The molecule has 9 aromatic carbocycles. The molecule has 244 valence electrons. The second-order valence-electron chi connectivity index (χ2n) is 15.3. The van der Waals surface area contributed by atoms with Crippen molar-refractivity contribution in [1.82, 2.24) is 0 Å². The van der Waals surface area contributed by atoms with Crippen molar-refractivity contribution in [3.8, 4) is 55.6 Å². The van der Waals surface area contributed by atoms with Crippen LogP contribution in [0.3, 0.4) is 0 Å². The van der Waals surface area contributed by atoms with Crippen molar-refractivity contribution in [1.29, 1.82) is 0 Å². The predicted molar refractivity (Wildman–Crippen MR) is 221 cm³/mol. The molecule has 2 aliphatic rings. The van der Waals surface area contributed by atoms with Crippen LogP contribution in [0.25, 0.3) is 88.0 Å². The number of hydrogen-bond acceptors (Lipinski definition) is 0. The first-order valence-electron chi connectivity index (χ1n) is 18.5. The molecule has 2 aliphatic carbocycles. The molecule has 0 bridgehead atoms. The highest BCUT2D eigenvalue weighted by molar-refractivity contribution is 6.22. The van der Waals surface area contributed by atoms with E-state index < -0.39 is 0 Å². The number of benzene rings is 9. The van der Waals surface area contributed by atoms with E-state index in [-0.39, 0.29) is 5.41 Å². The van der Waals surface area contributed by atoms with Crippen LogP contribution >= 0.6 is 0 Å². The second kappa shape index (κ2) is 10.9. The van der Waals surface area contributed by atoms with Crippen molar-refractivity contribution in [3.63, 3.8) is 0 Å². The van der Waals surface area contributed by atoms with Crippen LogP contribution in [0.15, 0.2) is 170 Å². The third kappa shape index (κ3) is 4.22. The molecule has 52 heavy (non-hydrogen) atoms. The molecule has 0 nitrogen and oxygen atoms in total. The molecule has 0 unspecified atom stereocenters. The molecule has 0 N–H and O–H groups in total. The minimum absolute atomic E-state index is 0.0502. The van der Waals surface area contributed by atoms with Gasteiger partial charge in [0.1, 0.15) is 0 Å². The van der Waals surface area contributed by atoms with E-state index in [2.05, 4.69) is 184 Å². The first-order chi connectivity index (χ1) is 25.5. The topological polar surface area (TPSA) is 0 Å². The molecular weight excluding hydrogens is 625 g/mol. The molecule has 0 radical (unpaired) electrons. The summed E-state index contributed by atoms with van der Waals surface area (Å²) in [6.07, 6.45) is 0.975. The maximum absolute atomic E-state index is 2.47. The van der Waals surface area contributed by atoms with Gasteiger partial charge in [0.25, 0.3) is 0 Å².